The van der Waals surface area contributed by atoms with E-state index in [1.165, 1.54) is 6.08 Å². The third kappa shape index (κ3) is 3.48. The third-order valence-corrected chi connectivity index (χ3v) is 3.80. The highest BCUT2D eigenvalue weighted by Crippen LogP contribution is 2.23. The van der Waals surface area contributed by atoms with Gasteiger partial charge in [-0.3, -0.25) is 19.3 Å². The number of carbonyl (C=O) groups is 4. The zero-order chi connectivity index (χ0) is 17.1. The molecule has 2 rings (SSSR count). The quantitative estimate of drug-likeness (QED) is 0.478. The van der Waals surface area contributed by atoms with Gasteiger partial charge in [0.1, 0.15) is 6.54 Å². The van der Waals surface area contributed by atoms with Crippen molar-refractivity contribution in [2.75, 3.05) is 18.4 Å². The van der Waals surface area contributed by atoms with Crippen molar-refractivity contribution in [2.24, 2.45) is 0 Å². The van der Waals surface area contributed by atoms with Gasteiger partial charge in [-0.1, -0.05) is 12.1 Å². The average Bonchev–Trinajstić information content (AvgIpc) is 2.68. The lowest BCUT2D eigenvalue weighted by Crippen LogP contribution is -2.39. The number of nitrogens with one attached hydrogen (secondary N) is 1. The minimum absolute atomic E-state index is 0.0783. The summed E-state index contributed by atoms with van der Waals surface area (Å²) in [4.78, 5) is 48.8. The second-order valence-corrected chi connectivity index (χ2v) is 5.76. The summed E-state index contributed by atoms with van der Waals surface area (Å²) in [5.41, 5.74) is 1.51. The largest absolute Gasteiger partial charge is 0.335 e. The zero-order valence-corrected chi connectivity index (χ0v) is 13.9. The summed E-state index contributed by atoms with van der Waals surface area (Å²) in [7, 11) is 0. The van der Waals surface area contributed by atoms with Crippen LogP contribution in [0.3, 0.4) is 0 Å². The first kappa shape index (κ1) is 16.9. The lowest BCUT2D eigenvalue weighted by molar-refractivity contribution is -0.143. The summed E-state index contributed by atoms with van der Waals surface area (Å²) >= 11 is 3.32. The fraction of sp³-hybridized carbons (Fsp3) is 0.200. The maximum Gasteiger partial charge on any atom is 0.335 e. The van der Waals surface area contributed by atoms with Crippen LogP contribution in [0.25, 0.3) is 0 Å². The summed E-state index contributed by atoms with van der Waals surface area (Å²) in [6.45, 7) is 4.71. The molecule has 8 heteroatoms. The second-order valence-electron chi connectivity index (χ2n) is 4.91. The molecular formula is C15H14BrN3O4. The molecule has 0 saturated carbocycles. The number of aryl methyl sites for hydroxylation is 1. The van der Waals surface area contributed by atoms with Crippen LogP contribution in [0.4, 0.5) is 10.5 Å². The standard InChI is InChI=1S/C15H14BrN3O4/c1-3-6-18-13(21)14(22)19(15(18)23)8-12(20)17-11-5-4-9(2)7-10(11)16/h3-5,7H,1,6,8H2,2H3,(H,17,20). The molecule has 1 N–H and O–H groups in total. The highest BCUT2D eigenvalue weighted by atomic mass is 79.9. The molecule has 5 amide bonds. The van der Waals surface area contributed by atoms with Crippen molar-refractivity contribution < 1.29 is 19.2 Å². The molecule has 0 atom stereocenters. The van der Waals surface area contributed by atoms with Crippen molar-refractivity contribution in [3.8, 4) is 0 Å². The molecule has 1 aliphatic heterocycles. The fourth-order valence-electron chi connectivity index (χ4n) is 2.03. The van der Waals surface area contributed by atoms with Crippen LogP contribution in [-0.2, 0) is 14.4 Å². The summed E-state index contributed by atoms with van der Waals surface area (Å²) in [6.07, 6.45) is 1.33. The molecule has 0 spiro atoms. The van der Waals surface area contributed by atoms with Gasteiger partial charge in [-0.05, 0) is 40.5 Å². The van der Waals surface area contributed by atoms with Gasteiger partial charge in [0.05, 0.1) is 5.69 Å². The van der Waals surface area contributed by atoms with Crippen LogP contribution in [0, 0.1) is 6.92 Å². The number of rotatable bonds is 5. The number of urea groups is 1. The summed E-state index contributed by atoms with van der Waals surface area (Å²) < 4.78 is 0.675. The Morgan fingerprint density at radius 2 is 1.91 bits per heavy atom. The predicted octanol–water partition coefficient (Wildman–Crippen LogP) is 1.67. The Bertz CT molecular complexity index is 717. The molecule has 0 aromatic heterocycles. The number of imide groups is 2. The van der Waals surface area contributed by atoms with Gasteiger partial charge in [0.2, 0.25) is 5.91 Å². The van der Waals surface area contributed by atoms with Crippen molar-refractivity contribution in [1.82, 2.24) is 9.80 Å². The number of benzene rings is 1. The number of halogens is 1. The van der Waals surface area contributed by atoms with Crippen LogP contribution in [0.2, 0.25) is 0 Å². The molecule has 1 fully saturated rings. The van der Waals surface area contributed by atoms with Gasteiger partial charge in [-0.25, -0.2) is 9.69 Å². The van der Waals surface area contributed by atoms with E-state index in [-0.39, 0.29) is 6.54 Å². The highest BCUT2D eigenvalue weighted by molar-refractivity contribution is 9.10. The monoisotopic (exact) mass is 379 g/mol. The van der Waals surface area contributed by atoms with E-state index in [1.54, 1.807) is 6.07 Å². The first-order valence-electron chi connectivity index (χ1n) is 6.69. The van der Waals surface area contributed by atoms with Gasteiger partial charge in [-0.15, -0.1) is 6.58 Å². The Balaban J connectivity index is 2.08. The van der Waals surface area contributed by atoms with Crippen molar-refractivity contribution >= 4 is 45.4 Å². The molecule has 0 bridgehead atoms. The van der Waals surface area contributed by atoms with Crippen LogP contribution in [0.5, 0.6) is 0 Å². The Labute approximate surface area is 141 Å². The molecular weight excluding hydrogens is 366 g/mol. The molecule has 23 heavy (non-hydrogen) atoms. The van der Waals surface area contributed by atoms with E-state index >= 15 is 0 Å². The Morgan fingerprint density at radius 1 is 1.26 bits per heavy atom. The van der Waals surface area contributed by atoms with Crippen molar-refractivity contribution in [1.29, 1.82) is 0 Å². The first-order valence-corrected chi connectivity index (χ1v) is 7.48. The van der Waals surface area contributed by atoms with Gasteiger partial charge in [0.25, 0.3) is 0 Å². The fourth-order valence-corrected chi connectivity index (χ4v) is 2.63. The van der Waals surface area contributed by atoms with Crippen molar-refractivity contribution in [3.63, 3.8) is 0 Å². The Morgan fingerprint density at radius 3 is 2.52 bits per heavy atom. The lowest BCUT2D eigenvalue weighted by Gasteiger charge is -2.14. The second kappa shape index (κ2) is 6.74. The summed E-state index contributed by atoms with van der Waals surface area (Å²) in [5, 5.41) is 2.59. The topological polar surface area (TPSA) is 86.8 Å². The number of amides is 5. The number of nitrogens with zero attached hydrogens (tertiary/aromatic N) is 2. The lowest BCUT2D eigenvalue weighted by atomic mass is 10.2. The molecule has 1 saturated heterocycles. The maximum atomic E-state index is 12.0. The minimum atomic E-state index is -1.02. The normalized spacial score (nSPS) is 14.4. The van der Waals surface area contributed by atoms with Crippen LogP contribution < -0.4 is 5.32 Å². The van der Waals surface area contributed by atoms with Crippen LogP contribution in [0.1, 0.15) is 5.56 Å². The zero-order valence-electron chi connectivity index (χ0n) is 12.3. The van der Waals surface area contributed by atoms with E-state index < -0.39 is 30.3 Å². The first-order chi connectivity index (χ1) is 10.8. The molecule has 0 radical (unpaired) electrons. The molecule has 120 valence electrons. The van der Waals surface area contributed by atoms with Crippen molar-refractivity contribution in [3.05, 3.63) is 40.9 Å². The van der Waals surface area contributed by atoms with Crippen LogP contribution in [0.15, 0.2) is 35.3 Å². The molecule has 1 heterocycles. The van der Waals surface area contributed by atoms with Gasteiger partial charge in [0.15, 0.2) is 0 Å². The van der Waals surface area contributed by atoms with E-state index in [4.69, 9.17) is 0 Å². The van der Waals surface area contributed by atoms with E-state index in [2.05, 4.69) is 27.8 Å². The average molecular weight is 380 g/mol. The van der Waals surface area contributed by atoms with Gasteiger partial charge in [-0.2, -0.15) is 0 Å². The molecule has 7 nitrogen and oxygen atoms in total. The van der Waals surface area contributed by atoms with E-state index in [0.717, 1.165) is 10.5 Å². The van der Waals surface area contributed by atoms with E-state index in [0.29, 0.717) is 15.1 Å². The number of hydrogen-bond donors (Lipinski definition) is 1. The van der Waals surface area contributed by atoms with Crippen LogP contribution >= 0.6 is 15.9 Å². The minimum Gasteiger partial charge on any atom is -0.323 e. The molecule has 1 aromatic rings. The Kier molecular flexibility index (Phi) is 4.95. The SMILES string of the molecule is C=CCN1C(=O)C(=O)N(CC(=O)Nc2ccc(C)cc2Br)C1=O. The number of carbonyl (C=O) groups excluding carboxylic acids is 4. The predicted molar refractivity (Wildman–Crippen MR) is 86.5 cm³/mol. The van der Waals surface area contributed by atoms with Gasteiger partial charge >= 0.3 is 17.8 Å². The third-order valence-electron chi connectivity index (χ3n) is 3.15. The van der Waals surface area contributed by atoms with Gasteiger partial charge in [0, 0.05) is 11.0 Å². The van der Waals surface area contributed by atoms with Crippen LogP contribution in [-0.4, -0.2) is 46.6 Å². The highest BCUT2D eigenvalue weighted by Gasteiger charge is 2.44. The van der Waals surface area contributed by atoms with Gasteiger partial charge < -0.3 is 5.32 Å². The number of hydrogen-bond acceptors (Lipinski definition) is 4. The molecule has 1 aromatic carbocycles. The number of anilines is 1. The smallest absolute Gasteiger partial charge is 0.323 e. The maximum absolute atomic E-state index is 12.0. The molecule has 1 aliphatic rings. The van der Waals surface area contributed by atoms with E-state index in [1.807, 2.05) is 19.1 Å². The van der Waals surface area contributed by atoms with Crippen molar-refractivity contribution in [2.45, 2.75) is 6.92 Å². The summed E-state index contributed by atoms with van der Waals surface area (Å²) in [6, 6.07) is 4.50. The molecule has 0 aliphatic carbocycles. The Hall–Kier alpha value is -2.48. The molecule has 0 unspecified atom stereocenters. The summed E-state index contributed by atoms with van der Waals surface area (Å²) in [5.74, 6) is -2.56. The van der Waals surface area contributed by atoms with E-state index in [9.17, 15) is 19.2 Å².